The molecule has 0 atom stereocenters. The van der Waals surface area contributed by atoms with E-state index >= 15 is 0 Å². The molecule has 2 aliphatic rings. The lowest BCUT2D eigenvalue weighted by Crippen LogP contribution is -2.26. The average molecular weight is 260 g/mol. The molecule has 0 unspecified atom stereocenters. The summed E-state index contributed by atoms with van der Waals surface area (Å²) >= 11 is 1.72. The standard InChI is InChI=1S/C13H12N2O2S/c1-2-4-15(5-3-1)13-14-9-6-10-11(17-8-16-10)7-12(9)18-13/h1-2,6-7H,3-5,8H2. The fourth-order valence-electron chi connectivity index (χ4n) is 2.26. The van der Waals surface area contributed by atoms with Crippen molar-refractivity contribution in [3.05, 3.63) is 24.3 Å². The first-order valence-corrected chi connectivity index (χ1v) is 6.82. The van der Waals surface area contributed by atoms with Crippen molar-refractivity contribution in [2.75, 3.05) is 24.8 Å². The van der Waals surface area contributed by atoms with Gasteiger partial charge in [-0.15, -0.1) is 0 Å². The number of hydrogen-bond donors (Lipinski definition) is 0. The van der Waals surface area contributed by atoms with E-state index in [9.17, 15) is 0 Å². The van der Waals surface area contributed by atoms with E-state index in [1.165, 1.54) is 0 Å². The van der Waals surface area contributed by atoms with Crippen molar-refractivity contribution in [3.63, 3.8) is 0 Å². The summed E-state index contributed by atoms with van der Waals surface area (Å²) in [5.74, 6) is 1.63. The van der Waals surface area contributed by atoms with Crippen molar-refractivity contribution in [2.24, 2.45) is 0 Å². The molecule has 0 N–H and O–H groups in total. The molecule has 0 aliphatic carbocycles. The van der Waals surface area contributed by atoms with Crippen LogP contribution < -0.4 is 14.4 Å². The van der Waals surface area contributed by atoms with Crippen LogP contribution in [0.5, 0.6) is 11.5 Å². The number of hydrogen-bond acceptors (Lipinski definition) is 5. The largest absolute Gasteiger partial charge is 0.454 e. The van der Waals surface area contributed by atoms with Gasteiger partial charge in [0.1, 0.15) is 0 Å². The molecule has 0 saturated carbocycles. The molecule has 0 radical (unpaired) electrons. The van der Waals surface area contributed by atoms with Gasteiger partial charge in [0.25, 0.3) is 0 Å². The predicted octanol–water partition coefficient (Wildman–Crippen LogP) is 2.79. The number of benzene rings is 1. The van der Waals surface area contributed by atoms with Crippen LogP contribution in [0.15, 0.2) is 24.3 Å². The van der Waals surface area contributed by atoms with Crippen LogP contribution in [0, 0.1) is 0 Å². The van der Waals surface area contributed by atoms with Crippen LogP contribution in [0.2, 0.25) is 0 Å². The van der Waals surface area contributed by atoms with Crippen molar-refractivity contribution >= 4 is 26.7 Å². The van der Waals surface area contributed by atoms with Gasteiger partial charge in [-0.3, -0.25) is 0 Å². The Morgan fingerprint density at radius 2 is 2.06 bits per heavy atom. The monoisotopic (exact) mass is 260 g/mol. The second-order valence-corrected chi connectivity index (χ2v) is 5.38. The Morgan fingerprint density at radius 3 is 2.89 bits per heavy atom. The lowest BCUT2D eigenvalue weighted by atomic mass is 10.3. The maximum Gasteiger partial charge on any atom is 0.231 e. The van der Waals surface area contributed by atoms with Gasteiger partial charge in [-0.1, -0.05) is 23.5 Å². The van der Waals surface area contributed by atoms with Gasteiger partial charge in [0.15, 0.2) is 16.6 Å². The zero-order valence-electron chi connectivity index (χ0n) is 9.76. The van der Waals surface area contributed by atoms with Crippen molar-refractivity contribution in [1.29, 1.82) is 0 Å². The normalized spacial score (nSPS) is 17.7. The molecule has 2 aliphatic heterocycles. The Morgan fingerprint density at radius 1 is 1.17 bits per heavy atom. The molecule has 5 heteroatoms. The van der Waals surface area contributed by atoms with E-state index < -0.39 is 0 Å². The van der Waals surface area contributed by atoms with Crippen molar-refractivity contribution < 1.29 is 9.47 Å². The summed E-state index contributed by atoms with van der Waals surface area (Å²) in [6.45, 7) is 2.31. The van der Waals surface area contributed by atoms with Crippen LogP contribution in [0.25, 0.3) is 10.2 Å². The summed E-state index contributed by atoms with van der Waals surface area (Å²) in [6.07, 6.45) is 5.51. The molecule has 1 aromatic heterocycles. The minimum atomic E-state index is 0.316. The number of fused-ring (bicyclic) bond motifs is 2. The molecular formula is C13H12N2O2S. The average Bonchev–Trinajstić information content (AvgIpc) is 3.01. The highest BCUT2D eigenvalue weighted by Gasteiger charge is 2.18. The maximum absolute atomic E-state index is 5.39. The molecule has 92 valence electrons. The highest BCUT2D eigenvalue weighted by atomic mass is 32.1. The minimum Gasteiger partial charge on any atom is -0.454 e. The van der Waals surface area contributed by atoms with Crippen LogP contribution in [-0.4, -0.2) is 24.9 Å². The fraction of sp³-hybridized carbons (Fsp3) is 0.308. The summed E-state index contributed by atoms with van der Waals surface area (Å²) in [4.78, 5) is 6.99. The zero-order chi connectivity index (χ0) is 11.9. The zero-order valence-corrected chi connectivity index (χ0v) is 10.6. The first-order valence-electron chi connectivity index (χ1n) is 6.00. The molecule has 18 heavy (non-hydrogen) atoms. The summed E-state index contributed by atoms with van der Waals surface area (Å²) in [5, 5.41) is 1.08. The third-order valence-electron chi connectivity index (χ3n) is 3.20. The van der Waals surface area contributed by atoms with Gasteiger partial charge in [-0.25, -0.2) is 4.98 Å². The van der Waals surface area contributed by atoms with Crippen LogP contribution in [0.1, 0.15) is 6.42 Å². The molecule has 0 spiro atoms. The number of nitrogens with zero attached hydrogens (tertiary/aromatic N) is 2. The van der Waals surface area contributed by atoms with Crippen LogP contribution in [0.3, 0.4) is 0 Å². The summed E-state index contributed by atoms with van der Waals surface area (Å²) < 4.78 is 11.9. The van der Waals surface area contributed by atoms with Gasteiger partial charge in [-0.05, 0) is 6.42 Å². The van der Waals surface area contributed by atoms with Gasteiger partial charge in [0, 0.05) is 25.2 Å². The number of anilines is 1. The number of aromatic nitrogens is 1. The first-order chi connectivity index (χ1) is 8.90. The SMILES string of the molecule is C1=CCN(c2nc3cc4c(cc3s2)OCO4)CC1. The van der Waals surface area contributed by atoms with Gasteiger partial charge in [0.2, 0.25) is 6.79 Å². The molecule has 0 bridgehead atoms. The molecular weight excluding hydrogens is 248 g/mol. The van der Waals surface area contributed by atoms with E-state index in [1.807, 2.05) is 12.1 Å². The van der Waals surface area contributed by atoms with Crippen LogP contribution in [-0.2, 0) is 0 Å². The topological polar surface area (TPSA) is 34.6 Å². The third kappa shape index (κ3) is 1.54. The molecule has 3 heterocycles. The smallest absolute Gasteiger partial charge is 0.231 e. The predicted molar refractivity (Wildman–Crippen MR) is 71.7 cm³/mol. The van der Waals surface area contributed by atoms with Gasteiger partial charge in [-0.2, -0.15) is 0 Å². The number of thiazole rings is 1. The van der Waals surface area contributed by atoms with E-state index in [4.69, 9.17) is 9.47 Å². The van der Waals surface area contributed by atoms with Gasteiger partial charge in [0.05, 0.1) is 10.2 Å². The van der Waals surface area contributed by atoms with E-state index in [0.29, 0.717) is 6.79 Å². The molecule has 4 nitrogen and oxygen atoms in total. The Bertz CT molecular complexity index is 594. The highest BCUT2D eigenvalue weighted by Crippen LogP contribution is 2.39. The first kappa shape index (κ1) is 10.2. The highest BCUT2D eigenvalue weighted by molar-refractivity contribution is 7.22. The minimum absolute atomic E-state index is 0.316. The summed E-state index contributed by atoms with van der Waals surface area (Å²) in [7, 11) is 0. The third-order valence-corrected chi connectivity index (χ3v) is 4.28. The molecule has 0 fully saturated rings. The van der Waals surface area contributed by atoms with Crippen molar-refractivity contribution in [1.82, 2.24) is 4.98 Å². The quantitative estimate of drug-likeness (QED) is 0.738. The fourth-order valence-corrected chi connectivity index (χ4v) is 3.27. The summed E-state index contributed by atoms with van der Waals surface area (Å²) in [5.41, 5.74) is 0.994. The number of ether oxygens (including phenoxy) is 2. The maximum atomic E-state index is 5.39. The second-order valence-electron chi connectivity index (χ2n) is 4.38. The van der Waals surface area contributed by atoms with E-state index in [-0.39, 0.29) is 0 Å². The molecule has 2 aromatic rings. The molecule has 1 aromatic carbocycles. The Labute approximate surface area is 108 Å². The van der Waals surface area contributed by atoms with Gasteiger partial charge >= 0.3 is 0 Å². The lowest BCUT2D eigenvalue weighted by molar-refractivity contribution is 0.174. The molecule has 4 rings (SSSR count). The Kier molecular flexibility index (Phi) is 2.20. The van der Waals surface area contributed by atoms with E-state index in [2.05, 4.69) is 22.0 Å². The van der Waals surface area contributed by atoms with Crippen molar-refractivity contribution in [2.45, 2.75) is 6.42 Å². The Balaban J connectivity index is 1.77. The molecule has 0 saturated heterocycles. The van der Waals surface area contributed by atoms with Crippen LogP contribution in [0.4, 0.5) is 5.13 Å². The summed E-state index contributed by atoms with van der Waals surface area (Å²) in [6, 6.07) is 4.00. The second kappa shape index (κ2) is 3.88. The van der Waals surface area contributed by atoms with Crippen molar-refractivity contribution in [3.8, 4) is 11.5 Å². The van der Waals surface area contributed by atoms with Gasteiger partial charge < -0.3 is 14.4 Å². The lowest BCUT2D eigenvalue weighted by Gasteiger charge is -2.21. The Hall–Kier alpha value is -1.75. The van der Waals surface area contributed by atoms with E-state index in [0.717, 1.165) is 46.4 Å². The number of rotatable bonds is 1. The molecule has 0 amide bonds. The van der Waals surface area contributed by atoms with E-state index in [1.54, 1.807) is 11.3 Å². The van der Waals surface area contributed by atoms with Crippen LogP contribution >= 0.6 is 11.3 Å².